The first kappa shape index (κ1) is 16.9. The number of carbonyl (C=O) groups is 1. The Kier molecular flexibility index (Phi) is 4.41. The van der Waals surface area contributed by atoms with Crippen molar-refractivity contribution in [3.63, 3.8) is 0 Å². The molecule has 1 aliphatic heterocycles. The predicted molar refractivity (Wildman–Crippen MR) is 98.1 cm³/mol. The van der Waals surface area contributed by atoms with Gasteiger partial charge in [-0.05, 0) is 38.1 Å². The maximum Gasteiger partial charge on any atom is 0.286 e. The van der Waals surface area contributed by atoms with Gasteiger partial charge < -0.3 is 10.6 Å². The second-order valence-electron chi connectivity index (χ2n) is 5.73. The van der Waals surface area contributed by atoms with Crippen LogP contribution in [-0.4, -0.2) is 20.2 Å². The van der Waals surface area contributed by atoms with E-state index in [0.717, 1.165) is 0 Å². The number of carbonyl (C=O) groups excluding carboxylic acids is 1. The second kappa shape index (κ2) is 6.52. The molecule has 3 rings (SSSR count). The largest absolute Gasteiger partial charge is 0.338 e. The summed E-state index contributed by atoms with van der Waals surface area (Å²) in [6.07, 6.45) is 0. The lowest BCUT2D eigenvalue weighted by molar-refractivity contribution is -0.112. The molecule has 7 heteroatoms. The fraction of sp³-hybridized carbons (Fsp3) is 0.111. The molecule has 0 unspecified atom stereocenters. The minimum Gasteiger partial charge on any atom is -0.338 e. The zero-order valence-electron chi connectivity index (χ0n) is 13.8. The van der Waals surface area contributed by atoms with E-state index in [2.05, 4.69) is 15.0 Å². The Morgan fingerprint density at radius 1 is 1.00 bits per heavy atom. The number of rotatable bonds is 3. The number of nitrogens with one attached hydrogen (secondary N) is 2. The first-order valence-electron chi connectivity index (χ1n) is 7.64. The SMILES string of the molecule is CC(C)=C(C(=O)Nc1ccccc1)C1=NS(=O)(=O)c2ccccc2N1. The standard InChI is InChI=1S/C18H17N3O3S/c1-12(2)16(18(22)19-13-8-4-3-5-9-13)17-20-14-10-6-7-11-15(14)25(23,24)21-17/h3-11H,1-2H3,(H,19,22)(H,20,21). The van der Waals surface area contributed by atoms with Crippen molar-refractivity contribution in [1.82, 2.24) is 0 Å². The Morgan fingerprint density at radius 2 is 1.64 bits per heavy atom. The number of para-hydroxylation sites is 2. The van der Waals surface area contributed by atoms with Gasteiger partial charge in [0.1, 0.15) is 4.90 Å². The highest BCUT2D eigenvalue weighted by molar-refractivity contribution is 7.90. The molecule has 0 radical (unpaired) electrons. The summed E-state index contributed by atoms with van der Waals surface area (Å²) in [7, 11) is -3.86. The van der Waals surface area contributed by atoms with Crippen LogP contribution < -0.4 is 10.6 Å². The minimum atomic E-state index is -3.86. The maximum atomic E-state index is 12.7. The Labute approximate surface area is 146 Å². The molecule has 6 nitrogen and oxygen atoms in total. The van der Waals surface area contributed by atoms with Crippen molar-refractivity contribution in [2.24, 2.45) is 4.40 Å². The number of benzene rings is 2. The summed E-state index contributed by atoms with van der Waals surface area (Å²) in [5.41, 5.74) is 1.86. The molecular weight excluding hydrogens is 338 g/mol. The van der Waals surface area contributed by atoms with Crippen LogP contribution in [-0.2, 0) is 14.8 Å². The third kappa shape index (κ3) is 3.46. The van der Waals surface area contributed by atoms with Crippen molar-refractivity contribution in [3.05, 3.63) is 65.7 Å². The summed E-state index contributed by atoms with van der Waals surface area (Å²) >= 11 is 0. The smallest absolute Gasteiger partial charge is 0.286 e. The van der Waals surface area contributed by atoms with Gasteiger partial charge in [0.05, 0.1) is 11.3 Å². The van der Waals surface area contributed by atoms with E-state index in [1.807, 2.05) is 6.07 Å². The van der Waals surface area contributed by atoms with Crippen molar-refractivity contribution in [2.45, 2.75) is 18.7 Å². The van der Waals surface area contributed by atoms with Gasteiger partial charge in [0.15, 0.2) is 5.84 Å². The van der Waals surface area contributed by atoms with Crippen LogP contribution in [0, 0.1) is 0 Å². The normalized spacial score (nSPS) is 14.6. The van der Waals surface area contributed by atoms with Crippen LogP contribution in [0.1, 0.15) is 13.8 Å². The van der Waals surface area contributed by atoms with Gasteiger partial charge in [0, 0.05) is 5.69 Å². The summed E-state index contributed by atoms with van der Waals surface area (Å²) < 4.78 is 28.6. The number of nitrogens with zero attached hydrogens (tertiary/aromatic N) is 1. The summed E-state index contributed by atoms with van der Waals surface area (Å²) in [5, 5.41) is 5.71. The summed E-state index contributed by atoms with van der Waals surface area (Å²) in [6.45, 7) is 3.47. The molecule has 0 bridgehead atoms. The van der Waals surface area contributed by atoms with E-state index < -0.39 is 15.9 Å². The summed E-state index contributed by atoms with van der Waals surface area (Å²) in [5.74, 6) is -0.404. The van der Waals surface area contributed by atoms with Gasteiger partial charge in [-0.15, -0.1) is 4.40 Å². The quantitative estimate of drug-likeness (QED) is 0.828. The number of amidine groups is 1. The zero-order valence-corrected chi connectivity index (χ0v) is 14.6. The first-order chi connectivity index (χ1) is 11.9. The van der Waals surface area contributed by atoms with E-state index in [1.54, 1.807) is 56.3 Å². The second-order valence-corrected chi connectivity index (χ2v) is 7.30. The topological polar surface area (TPSA) is 87.6 Å². The van der Waals surface area contributed by atoms with Gasteiger partial charge >= 0.3 is 0 Å². The lowest BCUT2D eigenvalue weighted by atomic mass is 10.1. The van der Waals surface area contributed by atoms with E-state index in [9.17, 15) is 13.2 Å². The fourth-order valence-corrected chi connectivity index (χ4v) is 3.63. The molecule has 0 saturated heterocycles. The highest BCUT2D eigenvalue weighted by Gasteiger charge is 2.29. The molecule has 0 saturated carbocycles. The van der Waals surface area contributed by atoms with Crippen LogP contribution in [0.25, 0.3) is 0 Å². The van der Waals surface area contributed by atoms with Gasteiger partial charge in [0.25, 0.3) is 15.9 Å². The molecule has 0 fully saturated rings. The van der Waals surface area contributed by atoms with E-state index >= 15 is 0 Å². The Balaban J connectivity index is 1.99. The molecule has 0 spiro atoms. The molecule has 0 aliphatic carbocycles. The van der Waals surface area contributed by atoms with Gasteiger partial charge in [-0.2, -0.15) is 8.42 Å². The molecule has 2 N–H and O–H groups in total. The molecule has 128 valence electrons. The van der Waals surface area contributed by atoms with Crippen molar-refractivity contribution >= 4 is 33.1 Å². The summed E-state index contributed by atoms with van der Waals surface area (Å²) in [4.78, 5) is 12.8. The number of fused-ring (bicyclic) bond motifs is 1. The molecule has 2 aromatic rings. The molecule has 1 aliphatic rings. The molecule has 1 amide bonds. The Morgan fingerprint density at radius 3 is 2.32 bits per heavy atom. The van der Waals surface area contributed by atoms with Crippen LogP contribution in [0.3, 0.4) is 0 Å². The van der Waals surface area contributed by atoms with E-state index in [4.69, 9.17) is 0 Å². The van der Waals surface area contributed by atoms with E-state index in [0.29, 0.717) is 16.9 Å². The average Bonchev–Trinajstić information content (AvgIpc) is 2.55. The van der Waals surface area contributed by atoms with Crippen LogP contribution in [0.2, 0.25) is 0 Å². The van der Waals surface area contributed by atoms with Crippen LogP contribution in [0.15, 0.2) is 75.0 Å². The first-order valence-corrected chi connectivity index (χ1v) is 9.08. The third-order valence-electron chi connectivity index (χ3n) is 3.63. The fourth-order valence-electron chi connectivity index (χ4n) is 2.51. The molecule has 0 atom stereocenters. The molecular formula is C18H17N3O3S. The monoisotopic (exact) mass is 355 g/mol. The zero-order chi connectivity index (χ0) is 18.0. The number of hydrogen-bond donors (Lipinski definition) is 2. The van der Waals surface area contributed by atoms with Gasteiger partial charge in [0.2, 0.25) is 0 Å². The van der Waals surface area contributed by atoms with Crippen molar-refractivity contribution < 1.29 is 13.2 Å². The maximum absolute atomic E-state index is 12.7. The third-order valence-corrected chi connectivity index (χ3v) is 4.96. The number of sulfonamides is 1. The number of hydrogen-bond acceptors (Lipinski definition) is 4. The van der Waals surface area contributed by atoms with Crippen LogP contribution >= 0.6 is 0 Å². The lowest BCUT2D eigenvalue weighted by Gasteiger charge is -2.20. The van der Waals surface area contributed by atoms with Gasteiger partial charge in [-0.25, -0.2) is 0 Å². The Hall–Kier alpha value is -2.93. The van der Waals surface area contributed by atoms with Gasteiger partial charge in [-0.1, -0.05) is 35.9 Å². The molecule has 1 heterocycles. The number of anilines is 2. The van der Waals surface area contributed by atoms with E-state index in [-0.39, 0.29) is 16.3 Å². The summed E-state index contributed by atoms with van der Waals surface area (Å²) in [6, 6.07) is 15.4. The highest BCUT2D eigenvalue weighted by atomic mass is 32.2. The molecule has 2 aromatic carbocycles. The predicted octanol–water partition coefficient (Wildman–Crippen LogP) is 3.17. The van der Waals surface area contributed by atoms with Crippen molar-refractivity contribution in [3.8, 4) is 0 Å². The molecule has 25 heavy (non-hydrogen) atoms. The average molecular weight is 355 g/mol. The molecule has 0 aromatic heterocycles. The van der Waals surface area contributed by atoms with E-state index in [1.165, 1.54) is 6.07 Å². The van der Waals surface area contributed by atoms with Crippen LogP contribution in [0.4, 0.5) is 11.4 Å². The van der Waals surface area contributed by atoms with Crippen molar-refractivity contribution in [2.75, 3.05) is 10.6 Å². The highest BCUT2D eigenvalue weighted by Crippen LogP contribution is 2.28. The number of allylic oxidation sites excluding steroid dienone is 1. The Bertz CT molecular complexity index is 989. The van der Waals surface area contributed by atoms with Crippen LogP contribution in [0.5, 0.6) is 0 Å². The van der Waals surface area contributed by atoms with Crippen molar-refractivity contribution in [1.29, 1.82) is 0 Å². The van der Waals surface area contributed by atoms with Gasteiger partial charge in [-0.3, -0.25) is 4.79 Å². The number of amides is 1. The minimum absolute atomic E-state index is 0.0205. The lowest BCUT2D eigenvalue weighted by Crippen LogP contribution is -2.30.